The van der Waals surface area contributed by atoms with Crippen molar-refractivity contribution in [2.75, 3.05) is 56.1 Å². The van der Waals surface area contributed by atoms with Crippen LogP contribution < -0.4 is 20.3 Å². The first kappa shape index (κ1) is 26.5. The molecule has 1 saturated heterocycles. The summed E-state index contributed by atoms with van der Waals surface area (Å²) in [6.07, 6.45) is 5.91. The molecule has 2 aromatic rings. The third-order valence-electron chi connectivity index (χ3n) is 6.39. The highest BCUT2D eigenvalue weighted by Gasteiger charge is 2.20. The molecule has 1 aromatic heterocycles. The number of unbranched alkanes of at least 4 members (excludes halogenated alkanes) is 2. The average Bonchev–Trinajstić information content (AvgIpc) is 2.86. The summed E-state index contributed by atoms with van der Waals surface area (Å²) in [6.45, 7) is 16.7. The van der Waals surface area contributed by atoms with Gasteiger partial charge in [-0.25, -0.2) is 4.98 Å². The molecule has 1 aliphatic heterocycles. The first-order chi connectivity index (χ1) is 17.0. The Bertz CT molecular complexity index is 970. The highest BCUT2D eigenvalue weighted by atomic mass is 16.5. The maximum absolute atomic E-state index is 12.3. The summed E-state index contributed by atoms with van der Waals surface area (Å²) < 4.78 is 6.15. The number of nitrogens with zero attached hydrogens (tertiary/aromatic N) is 3. The number of piperazine rings is 1. The maximum Gasteiger partial charge on any atom is 0.267 e. The first-order valence-electron chi connectivity index (χ1n) is 12.8. The number of benzene rings is 1. The fourth-order valence-corrected chi connectivity index (χ4v) is 4.19. The van der Waals surface area contributed by atoms with Crippen molar-refractivity contribution in [1.82, 2.24) is 15.2 Å². The van der Waals surface area contributed by atoms with Crippen LogP contribution in [0.3, 0.4) is 0 Å². The van der Waals surface area contributed by atoms with E-state index in [4.69, 9.17) is 4.74 Å². The van der Waals surface area contributed by atoms with E-state index in [0.29, 0.717) is 18.1 Å². The minimum Gasteiger partial charge on any atom is -0.491 e. The van der Waals surface area contributed by atoms with Gasteiger partial charge in [0.15, 0.2) is 0 Å². The predicted octanol–water partition coefficient (Wildman–Crippen LogP) is 4.52. The lowest BCUT2D eigenvalue weighted by Crippen LogP contribution is -2.46. The minimum atomic E-state index is -0.182. The van der Waals surface area contributed by atoms with Gasteiger partial charge in [-0.3, -0.25) is 9.69 Å². The Hall–Kier alpha value is -3.06. The second-order valence-electron chi connectivity index (χ2n) is 9.19. The van der Waals surface area contributed by atoms with Gasteiger partial charge < -0.3 is 20.3 Å². The molecular formula is C28H41N5O2. The van der Waals surface area contributed by atoms with Crippen LogP contribution in [0.1, 0.15) is 43.7 Å². The zero-order chi connectivity index (χ0) is 25.0. The summed E-state index contributed by atoms with van der Waals surface area (Å²) in [6, 6.07) is 10.3. The highest BCUT2D eigenvalue weighted by molar-refractivity contribution is 5.95. The first-order valence-corrected chi connectivity index (χ1v) is 12.8. The van der Waals surface area contributed by atoms with Crippen molar-refractivity contribution >= 4 is 17.4 Å². The number of hydrogen-bond donors (Lipinski definition) is 2. The topological polar surface area (TPSA) is 69.7 Å². The van der Waals surface area contributed by atoms with Crippen LogP contribution in [0, 0.1) is 13.8 Å². The molecule has 190 valence electrons. The van der Waals surface area contributed by atoms with Gasteiger partial charge in [0.2, 0.25) is 0 Å². The van der Waals surface area contributed by atoms with E-state index in [9.17, 15) is 4.79 Å². The molecule has 2 N–H and O–H groups in total. The zero-order valence-corrected chi connectivity index (χ0v) is 21.6. The van der Waals surface area contributed by atoms with Crippen LogP contribution in [-0.2, 0) is 4.79 Å². The molecule has 0 aliphatic carbocycles. The van der Waals surface area contributed by atoms with Crippen molar-refractivity contribution in [1.29, 1.82) is 0 Å². The number of carbonyl (C=O) groups is 1. The average molecular weight is 480 g/mol. The molecule has 1 aromatic carbocycles. The molecular weight excluding hydrogens is 438 g/mol. The number of amides is 1. The van der Waals surface area contributed by atoms with Crippen molar-refractivity contribution in [3.8, 4) is 5.75 Å². The predicted molar refractivity (Wildman–Crippen MR) is 144 cm³/mol. The molecule has 0 unspecified atom stereocenters. The summed E-state index contributed by atoms with van der Waals surface area (Å²) in [4.78, 5) is 21.5. The van der Waals surface area contributed by atoms with Crippen LogP contribution in [0.25, 0.3) is 0 Å². The smallest absolute Gasteiger partial charge is 0.267 e. The number of ether oxygens (including phenoxy) is 1. The lowest BCUT2D eigenvalue weighted by atomic mass is 10.1. The molecule has 1 amide bonds. The van der Waals surface area contributed by atoms with E-state index in [0.717, 1.165) is 76.3 Å². The summed E-state index contributed by atoms with van der Waals surface area (Å²) in [5, 5.41) is 5.95. The van der Waals surface area contributed by atoms with Gasteiger partial charge in [0.1, 0.15) is 11.6 Å². The van der Waals surface area contributed by atoms with E-state index in [1.807, 2.05) is 19.1 Å². The van der Waals surface area contributed by atoms with Crippen LogP contribution in [-0.4, -0.2) is 61.7 Å². The molecule has 7 nitrogen and oxygen atoms in total. The third-order valence-corrected chi connectivity index (χ3v) is 6.39. The molecule has 0 bridgehead atoms. The van der Waals surface area contributed by atoms with E-state index < -0.39 is 0 Å². The van der Waals surface area contributed by atoms with Crippen LogP contribution in [0.15, 0.2) is 48.8 Å². The maximum atomic E-state index is 12.3. The van der Waals surface area contributed by atoms with E-state index in [2.05, 4.69) is 64.0 Å². The summed E-state index contributed by atoms with van der Waals surface area (Å²) in [5.41, 5.74) is 3.72. The number of hydrogen-bond acceptors (Lipinski definition) is 6. The van der Waals surface area contributed by atoms with Gasteiger partial charge in [0.25, 0.3) is 5.91 Å². The van der Waals surface area contributed by atoms with Crippen LogP contribution in [0.4, 0.5) is 11.5 Å². The van der Waals surface area contributed by atoms with E-state index in [1.165, 1.54) is 11.3 Å². The fraction of sp³-hybridized carbons (Fsp3) is 0.500. The summed E-state index contributed by atoms with van der Waals surface area (Å²) in [7, 11) is 0. The monoisotopic (exact) mass is 479 g/mol. The number of aryl methyl sites for hydroxylation is 2. The van der Waals surface area contributed by atoms with Crippen molar-refractivity contribution in [3.05, 3.63) is 59.9 Å². The van der Waals surface area contributed by atoms with Gasteiger partial charge in [0.05, 0.1) is 18.0 Å². The highest BCUT2D eigenvalue weighted by Crippen LogP contribution is 2.32. The van der Waals surface area contributed by atoms with E-state index >= 15 is 0 Å². The zero-order valence-electron chi connectivity index (χ0n) is 21.6. The molecule has 0 spiro atoms. The molecule has 0 radical (unpaired) electrons. The molecule has 1 fully saturated rings. The van der Waals surface area contributed by atoms with Crippen LogP contribution >= 0.6 is 0 Å². The number of rotatable bonds is 13. The number of anilines is 2. The lowest BCUT2D eigenvalue weighted by molar-refractivity contribution is -0.117. The second-order valence-corrected chi connectivity index (χ2v) is 9.19. The second kappa shape index (κ2) is 13.7. The summed E-state index contributed by atoms with van der Waals surface area (Å²) >= 11 is 0. The number of para-hydroxylation sites is 1. The molecule has 0 saturated carbocycles. The minimum absolute atomic E-state index is 0.182. The Labute approximate surface area is 210 Å². The fourth-order valence-electron chi connectivity index (χ4n) is 4.19. The third kappa shape index (κ3) is 7.99. The van der Waals surface area contributed by atoms with E-state index in [1.54, 1.807) is 6.20 Å². The Morgan fingerprint density at radius 2 is 1.83 bits per heavy atom. The Morgan fingerprint density at radius 3 is 2.57 bits per heavy atom. The SMILES string of the molecule is C=C(Nc1ncccc1C)C(=O)NCCCCN1CCN(c2cccc(C)c2OCCCC)CC1. The normalized spacial score (nSPS) is 14.0. The van der Waals surface area contributed by atoms with Crippen molar-refractivity contribution < 1.29 is 9.53 Å². The molecule has 3 rings (SSSR count). The van der Waals surface area contributed by atoms with Gasteiger partial charge in [0, 0.05) is 38.9 Å². The van der Waals surface area contributed by atoms with Crippen molar-refractivity contribution in [2.24, 2.45) is 0 Å². The quantitative estimate of drug-likeness (QED) is 0.325. The molecule has 2 heterocycles. The number of aromatic nitrogens is 1. The standard InChI is InChI=1S/C28H41N5O2/c1-5-6-21-35-26-22(2)11-9-13-25(26)33-19-17-32(18-20-33)16-8-7-14-30-28(34)24(4)31-27-23(3)12-10-15-29-27/h9-13,15H,4-8,14,16-21H2,1-3H3,(H,29,31)(H,30,34). The Morgan fingerprint density at radius 1 is 1.06 bits per heavy atom. The lowest BCUT2D eigenvalue weighted by Gasteiger charge is -2.37. The molecule has 7 heteroatoms. The Balaban J connectivity index is 1.34. The summed E-state index contributed by atoms with van der Waals surface area (Å²) in [5.74, 6) is 1.52. The molecule has 35 heavy (non-hydrogen) atoms. The largest absolute Gasteiger partial charge is 0.491 e. The van der Waals surface area contributed by atoms with Crippen LogP contribution in [0.2, 0.25) is 0 Å². The van der Waals surface area contributed by atoms with E-state index in [-0.39, 0.29) is 5.91 Å². The van der Waals surface area contributed by atoms with Crippen molar-refractivity contribution in [2.45, 2.75) is 46.5 Å². The molecule has 0 atom stereocenters. The van der Waals surface area contributed by atoms with Crippen LogP contribution in [0.5, 0.6) is 5.75 Å². The van der Waals surface area contributed by atoms with Gasteiger partial charge >= 0.3 is 0 Å². The number of carbonyl (C=O) groups excluding carboxylic acids is 1. The van der Waals surface area contributed by atoms with Crippen molar-refractivity contribution in [3.63, 3.8) is 0 Å². The Kier molecular flexibility index (Phi) is 10.4. The molecule has 1 aliphatic rings. The number of nitrogens with one attached hydrogen (secondary N) is 2. The van der Waals surface area contributed by atoms with Gasteiger partial charge in [-0.05, 0) is 62.9 Å². The number of pyridine rings is 1. The van der Waals surface area contributed by atoms with Gasteiger partial charge in [-0.15, -0.1) is 0 Å². The van der Waals surface area contributed by atoms with Gasteiger partial charge in [-0.1, -0.05) is 38.1 Å². The van der Waals surface area contributed by atoms with Gasteiger partial charge in [-0.2, -0.15) is 0 Å².